The second-order valence-corrected chi connectivity index (χ2v) is 6.17. The van der Waals surface area contributed by atoms with E-state index in [1.165, 1.54) is 0 Å². The molecule has 0 spiro atoms. The SMILES string of the molecule is COc1ccc(C(C)NC(=O)[C@@H](N)Cc2c[nH]c3ccccc23)cc1.Cl. The van der Waals surface area contributed by atoms with Crippen molar-refractivity contribution in [2.75, 3.05) is 7.11 Å². The molecule has 0 fully saturated rings. The first-order valence-electron chi connectivity index (χ1n) is 8.33. The highest BCUT2D eigenvalue weighted by molar-refractivity contribution is 5.86. The summed E-state index contributed by atoms with van der Waals surface area (Å²) in [6, 6.07) is 14.9. The number of fused-ring (bicyclic) bond motifs is 1. The van der Waals surface area contributed by atoms with Crippen molar-refractivity contribution in [2.45, 2.75) is 25.4 Å². The largest absolute Gasteiger partial charge is 0.497 e. The second kappa shape index (κ2) is 8.74. The van der Waals surface area contributed by atoms with Crippen molar-refractivity contribution in [3.8, 4) is 5.75 Å². The minimum atomic E-state index is -0.597. The molecule has 138 valence electrons. The predicted molar refractivity (Wildman–Crippen MR) is 107 cm³/mol. The summed E-state index contributed by atoms with van der Waals surface area (Å²) >= 11 is 0. The van der Waals surface area contributed by atoms with Crippen LogP contribution in [0.25, 0.3) is 10.9 Å². The molecule has 0 saturated carbocycles. The maximum atomic E-state index is 12.4. The van der Waals surface area contributed by atoms with E-state index in [2.05, 4.69) is 10.3 Å². The van der Waals surface area contributed by atoms with Crippen molar-refractivity contribution in [3.63, 3.8) is 0 Å². The summed E-state index contributed by atoms with van der Waals surface area (Å²) in [6.07, 6.45) is 2.41. The smallest absolute Gasteiger partial charge is 0.237 e. The van der Waals surface area contributed by atoms with E-state index in [9.17, 15) is 4.79 Å². The molecule has 2 atom stereocenters. The fraction of sp³-hybridized carbons (Fsp3) is 0.250. The fourth-order valence-corrected chi connectivity index (χ4v) is 2.93. The highest BCUT2D eigenvalue weighted by Crippen LogP contribution is 2.20. The average molecular weight is 374 g/mol. The third-order valence-corrected chi connectivity index (χ3v) is 4.43. The number of halogens is 1. The molecule has 5 nitrogen and oxygen atoms in total. The number of hydrogen-bond donors (Lipinski definition) is 3. The lowest BCUT2D eigenvalue weighted by molar-refractivity contribution is -0.123. The Morgan fingerprint density at radius 3 is 2.58 bits per heavy atom. The number of H-pyrrole nitrogens is 1. The number of hydrogen-bond acceptors (Lipinski definition) is 3. The van der Waals surface area contributed by atoms with E-state index < -0.39 is 6.04 Å². The summed E-state index contributed by atoms with van der Waals surface area (Å²) in [5.41, 5.74) is 9.24. The van der Waals surface area contributed by atoms with E-state index in [-0.39, 0.29) is 24.4 Å². The molecule has 1 unspecified atom stereocenters. The zero-order chi connectivity index (χ0) is 17.8. The van der Waals surface area contributed by atoms with Gasteiger partial charge in [-0.25, -0.2) is 0 Å². The quantitative estimate of drug-likeness (QED) is 0.619. The van der Waals surface area contributed by atoms with Gasteiger partial charge in [0.05, 0.1) is 19.2 Å². The molecule has 0 saturated heterocycles. The lowest BCUT2D eigenvalue weighted by Gasteiger charge is -2.18. The number of para-hydroxylation sites is 1. The summed E-state index contributed by atoms with van der Waals surface area (Å²) in [7, 11) is 1.63. The van der Waals surface area contributed by atoms with Crippen LogP contribution in [0.3, 0.4) is 0 Å². The Morgan fingerprint density at radius 1 is 1.19 bits per heavy atom. The van der Waals surface area contributed by atoms with Gasteiger partial charge in [-0.05, 0) is 42.7 Å². The van der Waals surface area contributed by atoms with E-state index in [0.29, 0.717) is 6.42 Å². The van der Waals surface area contributed by atoms with Gasteiger partial charge < -0.3 is 20.8 Å². The maximum Gasteiger partial charge on any atom is 0.237 e. The van der Waals surface area contributed by atoms with Gasteiger partial charge in [-0.3, -0.25) is 4.79 Å². The molecule has 0 aliphatic heterocycles. The van der Waals surface area contributed by atoms with E-state index in [0.717, 1.165) is 27.8 Å². The summed E-state index contributed by atoms with van der Waals surface area (Å²) in [6.45, 7) is 1.94. The minimum Gasteiger partial charge on any atom is -0.497 e. The van der Waals surface area contributed by atoms with Gasteiger partial charge in [0, 0.05) is 17.1 Å². The van der Waals surface area contributed by atoms with Gasteiger partial charge in [-0.2, -0.15) is 0 Å². The highest BCUT2D eigenvalue weighted by atomic mass is 35.5. The molecule has 0 aliphatic rings. The number of aromatic amines is 1. The second-order valence-electron chi connectivity index (χ2n) is 6.17. The fourth-order valence-electron chi connectivity index (χ4n) is 2.93. The number of ether oxygens (including phenoxy) is 1. The highest BCUT2D eigenvalue weighted by Gasteiger charge is 2.18. The summed E-state index contributed by atoms with van der Waals surface area (Å²) < 4.78 is 5.15. The van der Waals surface area contributed by atoms with Gasteiger partial charge in [0.1, 0.15) is 5.75 Å². The number of rotatable bonds is 6. The standard InChI is InChI=1S/C20H23N3O2.ClH/c1-13(14-7-9-16(25-2)10-8-14)23-20(24)18(21)11-15-12-22-19-6-4-3-5-17(15)19;/h3-10,12-13,18,22H,11,21H2,1-2H3,(H,23,24);1H/t13?,18-;/m0./s1. The zero-order valence-electron chi connectivity index (χ0n) is 14.9. The lowest BCUT2D eigenvalue weighted by Crippen LogP contribution is -2.42. The van der Waals surface area contributed by atoms with Gasteiger partial charge >= 0.3 is 0 Å². The summed E-state index contributed by atoms with van der Waals surface area (Å²) in [5.74, 6) is 0.631. The molecule has 1 heterocycles. The van der Waals surface area contributed by atoms with Crippen LogP contribution in [0.5, 0.6) is 5.75 Å². The third-order valence-electron chi connectivity index (χ3n) is 4.43. The van der Waals surface area contributed by atoms with Crippen molar-refractivity contribution >= 4 is 29.2 Å². The third kappa shape index (κ3) is 4.36. The van der Waals surface area contributed by atoms with Gasteiger partial charge in [0.15, 0.2) is 0 Å². The number of benzene rings is 2. The van der Waals surface area contributed by atoms with E-state index in [4.69, 9.17) is 10.5 Å². The maximum absolute atomic E-state index is 12.4. The molecule has 0 aliphatic carbocycles. The summed E-state index contributed by atoms with van der Waals surface area (Å²) in [4.78, 5) is 15.7. The van der Waals surface area contributed by atoms with Gasteiger partial charge in [-0.1, -0.05) is 30.3 Å². The zero-order valence-corrected chi connectivity index (χ0v) is 15.7. The molecule has 6 heteroatoms. The molecule has 0 radical (unpaired) electrons. The molecule has 1 aromatic heterocycles. The Hall–Kier alpha value is -2.50. The van der Waals surface area contributed by atoms with Crippen LogP contribution in [0.2, 0.25) is 0 Å². The van der Waals surface area contributed by atoms with Gasteiger partial charge in [0.2, 0.25) is 5.91 Å². The molecule has 0 bridgehead atoms. The topological polar surface area (TPSA) is 80.1 Å². The number of aromatic nitrogens is 1. The number of carbonyl (C=O) groups excluding carboxylic acids is 1. The van der Waals surface area contributed by atoms with E-state index in [1.54, 1.807) is 7.11 Å². The van der Waals surface area contributed by atoms with E-state index in [1.807, 2.05) is 61.7 Å². The number of nitrogens with one attached hydrogen (secondary N) is 2. The van der Waals surface area contributed by atoms with Crippen LogP contribution >= 0.6 is 12.4 Å². The number of amides is 1. The first-order chi connectivity index (χ1) is 12.1. The predicted octanol–water partition coefficient (Wildman–Crippen LogP) is 3.35. The van der Waals surface area contributed by atoms with Crippen molar-refractivity contribution in [3.05, 3.63) is 65.9 Å². The average Bonchev–Trinajstić information content (AvgIpc) is 3.04. The Labute approximate surface area is 159 Å². The van der Waals surface area contributed by atoms with Crippen molar-refractivity contribution in [2.24, 2.45) is 5.73 Å². The number of nitrogens with two attached hydrogens (primary N) is 1. The van der Waals surface area contributed by atoms with Gasteiger partial charge in [0.25, 0.3) is 0 Å². The van der Waals surface area contributed by atoms with Crippen molar-refractivity contribution in [1.29, 1.82) is 0 Å². The first-order valence-corrected chi connectivity index (χ1v) is 8.33. The Balaban J connectivity index is 0.00000243. The van der Waals surface area contributed by atoms with Crippen LogP contribution in [0, 0.1) is 0 Å². The van der Waals surface area contributed by atoms with Crippen molar-refractivity contribution in [1.82, 2.24) is 10.3 Å². The number of methoxy groups -OCH3 is 1. The molecular formula is C20H24ClN3O2. The van der Waals surface area contributed by atoms with Crippen LogP contribution in [0.15, 0.2) is 54.7 Å². The summed E-state index contributed by atoms with van der Waals surface area (Å²) in [5, 5.41) is 4.08. The van der Waals surface area contributed by atoms with Crippen LogP contribution in [-0.2, 0) is 11.2 Å². The van der Waals surface area contributed by atoms with Crippen molar-refractivity contribution < 1.29 is 9.53 Å². The molecule has 26 heavy (non-hydrogen) atoms. The van der Waals surface area contributed by atoms with Crippen LogP contribution in [0.4, 0.5) is 0 Å². The van der Waals surface area contributed by atoms with E-state index >= 15 is 0 Å². The molecule has 2 aromatic carbocycles. The lowest BCUT2D eigenvalue weighted by atomic mass is 10.0. The minimum absolute atomic E-state index is 0. The van der Waals surface area contributed by atoms with Crippen LogP contribution in [-0.4, -0.2) is 24.0 Å². The monoisotopic (exact) mass is 373 g/mol. The van der Waals surface area contributed by atoms with Crippen LogP contribution in [0.1, 0.15) is 24.1 Å². The molecule has 3 rings (SSSR count). The van der Waals surface area contributed by atoms with Gasteiger partial charge in [-0.15, -0.1) is 12.4 Å². The normalized spacial score (nSPS) is 12.9. The Morgan fingerprint density at radius 2 is 1.88 bits per heavy atom. The van der Waals surface area contributed by atoms with Crippen LogP contribution < -0.4 is 15.8 Å². The number of carbonyl (C=O) groups is 1. The molecular weight excluding hydrogens is 350 g/mol. The molecule has 1 amide bonds. The Kier molecular flexibility index (Phi) is 6.66. The Bertz CT molecular complexity index is 861. The molecule has 3 aromatic rings. The molecule has 4 N–H and O–H groups in total. The first kappa shape index (κ1) is 19.8.